The minimum atomic E-state index is -0.327. The molecule has 24 heavy (non-hydrogen) atoms. The molecule has 1 saturated heterocycles. The van der Waals surface area contributed by atoms with Crippen molar-refractivity contribution in [1.82, 2.24) is 5.32 Å². The Hall–Kier alpha value is -2.40. The number of halogens is 1. The Morgan fingerprint density at radius 2 is 2.12 bits per heavy atom. The number of rotatable bonds is 6. The molecule has 1 unspecified atom stereocenters. The fraction of sp³-hybridized carbons (Fsp3) is 0.316. The lowest BCUT2D eigenvalue weighted by Gasteiger charge is -2.12. The molecule has 0 bridgehead atoms. The molecule has 1 N–H and O–H groups in total. The molecular formula is C19H20FNO3. The molecule has 4 nitrogen and oxygen atoms in total. The van der Waals surface area contributed by atoms with Gasteiger partial charge < -0.3 is 14.8 Å². The van der Waals surface area contributed by atoms with Crippen LogP contribution >= 0.6 is 0 Å². The Labute approximate surface area is 140 Å². The molecule has 1 aliphatic heterocycles. The number of hydrogen-bond donors (Lipinski definition) is 1. The first-order chi connectivity index (χ1) is 11.7. The van der Waals surface area contributed by atoms with Crippen molar-refractivity contribution in [3.8, 4) is 5.75 Å². The van der Waals surface area contributed by atoms with Gasteiger partial charge in [-0.25, -0.2) is 4.39 Å². The van der Waals surface area contributed by atoms with Crippen molar-refractivity contribution >= 4 is 5.91 Å². The van der Waals surface area contributed by atoms with Gasteiger partial charge in [-0.1, -0.05) is 24.3 Å². The van der Waals surface area contributed by atoms with Gasteiger partial charge in [0.1, 0.15) is 18.2 Å². The number of ether oxygens (including phenoxy) is 2. The standard InChI is InChI=1S/C19H20FNO3/c20-18-9-2-1-5-15(18)12-21-19(22)14-6-3-7-16(11-14)24-13-17-8-4-10-23-17/h1-3,5-7,9,11,17H,4,8,10,12-13H2,(H,21,22). The van der Waals surface area contributed by atoms with E-state index < -0.39 is 0 Å². The number of carbonyl (C=O) groups is 1. The summed E-state index contributed by atoms with van der Waals surface area (Å²) < 4.78 is 24.8. The maximum absolute atomic E-state index is 13.6. The maximum atomic E-state index is 13.6. The fourth-order valence-electron chi connectivity index (χ4n) is 2.61. The van der Waals surface area contributed by atoms with Crippen molar-refractivity contribution in [3.05, 3.63) is 65.5 Å². The molecular weight excluding hydrogens is 309 g/mol. The first-order valence-electron chi connectivity index (χ1n) is 8.08. The van der Waals surface area contributed by atoms with Gasteiger partial charge in [-0.2, -0.15) is 0 Å². The van der Waals surface area contributed by atoms with Gasteiger partial charge >= 0.3 is 0 Å². The van der Waals surface area contributed by atoms with Gasteiger partial charge in [0.05, 0.1) is 6.10 Å². The van der Waals surface area contributed by atoms with Gasteiger partial charge in [0.25, 0.3) is 5.91 Å². The summed E-state index contributed by atoms with van der Waals surface area (Å²) in [7, 11) is 0. The zero-order chi connectivity index (χ0) is 16.8. The van der Waals surface area contributed by atoms with Crippen LogP contribution in [0.15, 0.2) is 48.5 Å². The highest BCUT2D eigenvalue weighted by Crippen LogP contribution is 2.17. The van der Waals surface area contributed by atoms with Crippen molar-refractivity contribution in [2.24, 2.45) is 0 Å². The Kier molecular flexibility index (Phi) is 5.43. The van der Waals surface area contributed by atoms with E-state index in [-0.39, 0.29) is 24.4 Å². The average molecular weight is 329 g/mol. The summed E-state index contributed by atoms with van der Waals surface area (Å²) in [6.45, 7) is 1.42. The van der Waals surface area contributed by atoms with E-state index in [0.717, 1.165) is 19.4 Å². The minimum absolute atomic E-state index is 0.128. The Morgan fingerprint density at radius 1 is 1.25 bits per heavy atom. The van der Waals surface area contributed by atoms with Crippen LogP contribution in [0.2, 0.25) is 0 Å². The van der Waals surface area contributed by atoms with Crippen LogP contribution in [-0.4, -0.2) is 25.2 Å². The Bertz CT molecular complexity index is 699. The number of hydrogen-bond acceptors (Lipinski definition) is 3. The van der Waals surface area contributed by atoms with Crippen molar-refractivity contribution in [2.75, 3.05) is 13.2 Å². The number of amides is 1. The average Bonchev–Trinajstić information content (AvgIpc) is 3.13. The molecule has 0 radical (unpaired) electrons. The van der Waals surface area contributed by atoms with Gasteiger partial charge in [0.2, 0.25) is 0 Å². The largest absolute Gasteiger partial charge is 0.491 e. The molecule has 0 saturated carbocycles. The van der Waals surface area contributed by atoms with Crippen molar-refractivity contribution < 1.29 is 18.7 Å². The minimum Gasteiger partial charge on any atom is -0.491 e. The van der Waals surface area contributed by atoms with E-state index in [0.29, 0.717) is 23.5 Å². The maximum Gasteiger partial charge on any atom is 0.251 e. The molecule has 1 amide bonds. The molecule has 1 heterocycles. The third kappa shape index (κ3) is 4.32. The summed E-state index contributed by atoms with van der Waals surface area (Å²) in [6.07, 6.45) is 2.19. The van der Waals surface area contributed by atoms with Crippen LogP contribution < -0.4 is 10.1 Å². The Balaban J connectivity index is 1.56. The van der Waals surface area contributed by atoms with Crippen LogP contribution in [0.5, 0.6) is 5.75 Å². The van der Waals surface area contributed by atoms with E-state index in [4.69, 9.17) is 9.47 Å². The highest BCUT2D eigenvalue weighted by molar-refractivity contribution is 5.94. The summed E-state index contributed by atoms with van der Waals surface area (Å²) in [6, 6.07) is 13.4. The van der Waals surface area contributed by atoms with Crippen LogP contribution in [0, 0.1) is 5.82 Å². The van der Waals surface area contributed by atoms with Gasteiger partial charge in [0, 0.05) is 24.3 Å². The summed E-state index contributed by atoms with van der Waals surface area (Å²) in [5.41, 5.74) is 0.938. The first kappa shape index (κ1) is 16.5. The molecule has 0 aromatic heterocycles. The van der Waals surface area contributed by atoms with Crippen LogP contribution in [0.3, 0.4) is 0 Å². The van der Waals surface area contributed by atoms with Crippen LogP contribution in [0.1, 0.15) is 28.8 Å². The second kappa shape index (κ2) is 7.93. The first-order valence-corrected chi connectivity index (χ1v) is 8.08. The van der Waals surface area contributed by atoms with E-state index in [2.05, 4.69) is 5.32 Å². The Morgan fingerprint density at radius 3 is 2.92 bits per heavy atom. The topological polar surface area (TPSA) is 47.6 Å². The number of nitrogens with one attached hydrogen (secondary N) is 1. The van der Waals surface area contributed by atoms with Gasteiger partial charge in [-0.05, 0) is 37.1 Å². The lowest BCUT2D eigenvalue weighted by atomic mass is 10.1. The third-order valence-corrected chi connectivity index (χ3v) is 3.95. The zero-order valence-corrected chi connectivity index (χ0v) is 13.3. The lowest BCUT2D eigenvalue weighted by Crippen LogP contribution is -2.23. The van der Waals surface area contributed by atoms with E-state index in [9.17, 15) is 9.18 Å². The van der Waals surface area contributed by atoms with Crippen molar-refractivity contribution in [2.45, 2.75) is 25.5 Å². The lowest BCUT2D eigenvalue weighted by molar-refractivity contribution is 0.0679. The molecule has 2 aromatic carbocycles. The highest BCUT2D eigenvalue weighted by atomic mass is 19.1. The summed E-state index contributed by atoms with van der Waals surface area (Å²) in [5.74, 6) is 0.0382. The molecule has 0 aliphatic carbocycles. The normalized spacial score (nSPS) is 16.8. The second-order valence-electron chi connectivity index (χ2n) is 5.75. The molecule has 0 spiro atoms. The smallest absolute Gasteiger partial charge is 0.251 e. The highest BCUT2D eigenvalue weighted by Gasteiger charge is 2.16. The third-order valence-electron chi connectivity index (χ3n) is 3.95. The molecule has 3 rings (SSSR count). The van der Waals surface area contributed by atoms with Crippen LogP contribution in [-0.2, 0) is 11.3 Å². The van der Waals surface area contributed by atoms with Gasteiger partial charge in [-0.15, -0.1) is 0 Å². The molecule has 1 atom stereocenters. The molecule has 5 heteroatoms. The van der Waals surface area contributed by atoms with E-state index in [1.165, 1.54) is 6.07 Å². The van der Waals surface area contributed by atoms with Gasteiger partial charge in [0.15, 0.2) is 0 Å². The monoisotopic (exact) mass is 329 g/mol. The molecule has 126 valence electrons. The quantitative estimate of drug-likeness (QED) is 0.884. The van der Waals surface area contributed by atoms with Crippen LogP contribution in [0.4, 0.5) is 4.39 Å². The summed E-state index contributed by atoms with van der Waals surface area (Å²) in [4.78, 5) is 12.2. The predicted octanol–water partition coefficient (Wildman–Crippen LogP) is 3.31. The molecule has 1 fully saturated rings. The zero-order valence-electron chi connectivity index (χ0n) is 13.3. The predicted molar refractivity (Wildman–Crippen MR) is 88.5 cm³/mol. The molecule has 2 aromatic rings. The fourth-order valence-corrected chi connectivity index (χ4v) is 2.61. The number of benzene rings is 2. The SMILES string of the molecule is O=C(NCc1ccccc1F)c1cccc(OCC2CCCO2)c1. The van der Waals surface area contributed by atoms with Crippen molar-refractivity contribution in [3.63, 3.8) is 0 Å². The van der Waals surface area contributed by atoms with E-state index in [1.807, 2.05) is 6.07 Å². The summed E-state index contributed by atoms with van der Waals surface area (Å²) in [5, 5.41) is 2.72. The summed E-state index contributed by atoms with van der Waals surface area (Å²) >= 11 is 0. The van der Waals surface area contributed by atoms with Gasteiger partial charge in [-0.3, -0.25) is 4.79 Å². The molecule has 1 aliphatic rings. The van der Waals surface area contributed by atoms with E-state index in [1.54, 1.807) is 36.4 Å². The van der Waals surface area contributed by atoms with E-state index >= 15 is 0 Å². The second-order valence-corrected chi connectivity index (χ2v) is 5.75. The van der Waals surface area contributed by atoms with Crippen LogP contribution in [0.25, 0.3) is 0 Å². The number of carbonyl (C=O) groups excluding carboxylic acids is 1. The van der Waals surface area contributed by atoms with Crippen molar-refractivity contribution in [1.29, 1.82) is 0 Å².